The minimum absolute atomic E-state index is 0. The Hall–Kier alpha value is -1.75. The zero-order valence-corrected chi connectivity index (χ0v) is 19.3. The summed E-state index contributed by atoms with van der Waals surface area (Å²) in [5.74, 6) is 2.68. The average Bonchev–Trinajstić information content (AvgIpc) is 3.29. The van der Waals surface area contributed by atoms with Gasteiger partial charge in [-0.1, -0.05) is 16.8 Å². The van der Waals surface area contributed by atoms with Crippen molar-refractivity contribution in [3.63, 3.8) is 0 Å². The van der Waals surface area contributed by atoms with Gasteiger partial charge in [-0.15, -0.1) is 24.0 Å². The van der Waals surface area contributed by atoms with Gasteiger partial charge in [-0.2, -0.15) is 4.98 Å². The van der Waals surface area contributed by atoms with Gasteiger partial charge < -0.3 is 24.8 Å². The molecular weight excluding hydrogens is 495 g/mol. The van der Waals surface area contributed by atoms with Crippen LogP contribution in [0.3, 0.4) is 0 Å². The van der Waals surface area contributed by atoms with Crippen LogP contribution in [0.2, 0.25) is 5.02 Å². The van der Waals surface area contributed by atoms with Crippen molar-refractivity contribution in [2.75, 3.05) is 31.6 Å². The Morgan fingerprint density at radius 1 is 1.46 bits per heavy atom. The van der Waals surface area contributed by atoms with E-state index >= 15 is 0 Å². The second-order valence-electron chi connectivity index (χ2n) is 6.32. The molecule has 1 aliphatic heterocycles. The number of aliphatic imine (C=N–C) groups is 1. The zero-order valence-electron chi connectivity index (χ0n) is 16.2. The molecule has 1 unspecified atom stereocenters. The highest BCUT2D eigenvalue weighted by atomic mass is 127. The van der Waals surface area contributed by atoms with E-state index in [0.29, 0.717) is 23.3 Å². The first-order chi connectivity index (χ1) is 13.1. The number of hydrogen-bond acceptors (Lipinski definition) is 6. The lowest BCUT2D eigenvalue weighted by Gasteiger charge is -2.22. The molecule has 0 radical (unpaired) electrons. The molecule has 8 nitrogen and oxygen atoms in total. The van der Waals surface area contributed by atoms with E-state index in [1.165, 1.54) is 0 Å². The Morgan fingerprint density at radius 3 is 2.96 bits per heavy atom. The molecule has 1 aliphatic rings. The molecule has 1 aromatic carbocycles. The first-order valence-electron chi connectivity index (χ1n) is 9.01. The lowest BCUT2D eigenvalue weighted by molar-refractivity contribution is 0.387. The molecule has 3 rings (SSSR count). The molecule has 28 heavy (non-hydrogen) atoms. The van der Waals surface area contributed by atoms with Crippen LogP contribution in [0.15, 0.2) is 27.7 Å². The van der Waals surface area contributed by atoms with E-state index in [9.17, 15) is 0 Å². The number of guanidine groups is 1. The van der Waals surface area contributed by atoms with Crippen LogP contribution >= 0.6 is 35.6 Å². The number of anilines is 1. The van der Waals surface area contributed by atoms with E-state index < -0.39 is 0 Å². The maximum absolute atomic E-state index is 6.17. The third-order valence-corrected chi connectivity index (χ3v) is 4.54. The Kier molecular flexibility index (Phi) is 8.61. The Bertz CT molecular complexity index is 800. The number of nitrogens with one attached hydrogen (secondary N) is 2. The first kappa shape index (κ1) is 22.5. The van der Waals surface area contributed by atoms with Crippen LogP contribution in [0.25, 0.3) is 0 Å². The summed E-state index contributed by atoms with van der Waals surface area (Å²) in [6, 6.07) is 5.95. The molecule has 1 fully saturated rings. The molecule has 0 saturated carbocycles. The van der Waals surface area contributed by atoms with E-state index in [1.807, 2.05) is 25.1 Å². The minimum Gasteiger partial charge on any atom is -0.495 e. The number of nitrogens with zero attached hydrogens (tertiary/aromatic N) is 4. The summed E-state index contributed by atoms with van der Waals surface area (Å²) < 4.78 is 10.5. The second kappa shape index (κ2) is 10.7. The van der Waals surface area contributed by atoms with Crippen LogP contribution in [0.1, 0.15) is 25.1 Å². The molecule has 10 heteroatoms. The van der Waals surface area contributed by atoms with Gasteiger partial charge in [-0.25, -0.2) is 4.99 Å². The first-order valence-corrected chi connectivity index (χ1v) is 9.39. The topological polar surface area (TPSA) is 87.8 Å². The maximum atomic E-state index is 6.17. The van der Waals surface area contributed by atoms with Crippen molar-refractivity contribution in [1.29, 1.82) is 0 Å². The molecule has 2 N–H and O–H groups in total. The number of methoxy groups -OCH3 is 1. The standard InChI is InChI=1S/C18H25ClN6O2.HI/c1-4-20-18(21-10-17-22-12(2)27-24-17)23-14-7-8-25(11-14)15-9-13(19)5-6-16(15)26-3;/h5-6,9,14H,4,7-8,10-11H2,1-3H3,(H2,20,21,23);1H. The van der Waals surface area contributed by atoms with Crippen LogP contribution in [0, 0.1) is 6.92 Å². The fourth-order valence-corrected chi connectivity index (χ4v) is 3.24. The minimum atomic E-state index is 0. The summed E-state index contributed by atoms with van der Waals surface area (Å²) in [5, 5.41) is 11.3. The molecular formula is C18H26ClIN6O2. The van der Waals surface area contributed by atoms with E-state index in [4.69, 9.17) is 20.9 Å². The monoisotopic (exact) mass is 520 g/mol. The molecule has 1 aromatic heterocycles. The van der Waals surface area contributed by atoms with Crippen molar-refractivity contribution in [1.82, 2.24) is 20.8 Å². The summed E-state index contributed by atoms with van der Waals surface area (Å²) in [4.78, 5) is 11.0. The molecule has 1 saturated heterocycles. The van der Waals surface area contributed by atoms with Gasteiger partial charge in [0.25, 0.3) is 0 Å². The highest BCUT2D eigenvalue weighted by Gasteiger charge is 2.25. The van der Waals surface area contributed by atoms with E-state index in [2.05, 4.69) is 30.7 Å². The van der Waals surface area contributed by atoms with Crippen molar-refractivity contribution in [3.8, 4) is 5.75 Å². The number of benzene rings is 1. The largest absolute Gasteiger partial charge is 0.495 e. The van der Waals surface area contributed by atoms with Gasteiger partial charge in [-0.3, -0.25) is 0 Å². The number of aromatic nitrogens is 2. The van der Waals surface area contributed by atoms with Crippen molar-refractivity contribution in [2.24, 2.45) is 4.99 Å². The number of hydrogen-bond donors (Lipinski definition) is 2. The number of halogens is 2. The summed E-state index contributed by atoms with van der Waals surface area (Å²) >= 11 is 6.17. The summed E-state index contributed by atoms with van der Waals surface area (Å²) in [7, 11) is 1.67. The number of ether oxygens (including phenoxy) is 1. The van der Waals surface area contributed by atoms with E-state index in [0.717, 1.165) is 43.5 Å². The van der Waals surface area contributed by atoms with Crippen LogP contribution in [-0.4, -0.2) is 48.9 Å². The van der Waals surface area contributed by atoms with Crippen molar-refractivity contribution in [3.05, 3.63) is 34.9 Å². The predicted octanol–water partition coefficient (Wildman–Crippen LogP) is 2.99. The molecule has 0 spiro atoms. The Labute approximate surface area is 187 Å². The van der Waals surface area contributed by atoms with Gasteiger partial charge >= 0.3 is 0 Å². The van der Waals surface area contributed by atoms with Crippen molar-refractivity contribution in [2.45, 2.75) is 32.9 Å². The van der Waals surface area contributed by atoms with Gasteiger partial charge in [0.15, 0.2) is 11.8 Å². The highest BCUT2D eigenvalue weighted by Crippen LogP contribution is 2.33. The fraction of sp³-hybridized carbons (Fsp3) is 0.500. The average molecular weight is 521 g/mol. The smallest absolute Gasteiger partial charge is 0.223 e. The van der Waals surface area contributed by atoms with Gasteiger partial charge in [0.1, 0.15) is 12.3 Å². The second-order valence-corrected chi connectivity index (χ2v) is 6.75. The Balaban J connectivity index is 0.00000280. The normalized spacial score (nSPS) is 16.6. The zero-order chi connectivity index (χ0) is 19.2. The number of aryl methyl sites for hydroxylation is 1. The van der Waals surface area contributed by atoms with E-state index in [-0.39, 0.29) is 30.0 Å². The summed E-state index contributed by atoms with van der Waals surface area (Å²) in [6.45, 7) is 6.69. The van der Waals surface area contributed by atoms with Crippen molar-refractivity contribution < 1.29 is 9.26 Å². The fourth-order valence-electron chi connectivity index (χ4n) is 3.08. The third-order valence-electron chi connectivity index (χ3n) is 4.30. The van der Waals surface area contributed by atoms with Crippen LogP contribution in [0.5, 0.6) is 5.75 Å². The Morgan fingerprint density at radius 2 is 2.29 bits per heavy atom. The lowest BCUT2D eigenvalue weighted by atomic mass is 10.2. The third kappa shape index (κ3) is 5.87. The molecule has 0 bridgehead atoms. The van der Waals surface area contributed by atoms with Gasteiger partial charge in [0.05, 0.1) is 12.8 Å². The van der Waals surface area contributed by atoms with Crippen LogP contribution in [0.4, 0.5) is 5.69 Å². The maximum Gasteiger partial charge on any atom is 0.223 e. The van der Waals surface area contributed by atoms with E-state index in [1.54, 1.807) is 14.0 Å². The molecule has 1 atom stereocenters. The molecule has 2 aromatic rings. The number of rotatable bonds is 6. The SMILES string of the molecule is CCNC(=NCc1noc(C)n1)NC1CCN(c2cc(Cl)ccc2OC)C1.I. The van der Waals surface area contributed by atoms with Crippen LogP contribution < -0.4 is 20.3 Å². The quantitative estimate of drug-likeness (QED) is 0.344. The predicted molar refractivity (Wildman–Crippen MR) is 121 cm³/mol. The highest BCUT2D eigenvalue weighted by molar-refractivity contribution is 14.0. The summed E-state index contributed by atoms with van der Waals surface area (Å²) in [5.41, 5.74) is 1.01. The van der Waals surface area contributed by atoms with Gasteiger partial charge in [-0.05, 0) is 31.5 Å². The molecule has 2 heterocycles. The van der Waals surface area contributed by atoms with Gasteiger partial charge in [0, 0.05) is 37.6 Å². The van der Waals surface area contributed by atoms with Crippen LogP contribution in [-0.2, 0) is 6.54 Å². The van der Waals surface area contributed by atoms with Gasteiger partial charge in [0.2, 0.25) is 5.89 Å². The van der Waals surface area contributed by atoms with Crippen molar-refractivity contribution >= 4 is 47.2 Å². The molecule has 0 aliphatic carbocycles. The molecule has 154 valence electrons. The lowest BCUT2D eigenvalue weighted by Crippen LogP contribution is -2.44. The summed E-state index contributed by atoms with van der Waals surface area (Å²) in [6.07, 6.45) is 0.988. The molecule has 0 amide bonds.